The molecule has 0 unspecified atom stereocenters. The number of ether oxygens (including phenoxy) is 1. The van der Waals surface area contributed by atoms with Crippen LogP contribution >= 0.6 is 0 Å². The van der Waals surface area contributed by atoms with Crippen LogP contribution in [0, 0.1) is 19.8 Å². The Labute approximate surface area is 245 Å². The van der Waals surface area contributed by atoms with E-state index in [1.807, 2.05) is 7.05 Å². The lowest BCUT2D eigenvalue weighted by atomic mass is 9.87. The van der Waals surface area contributed by atoms with Crippen LogP contribution in [0.4, 0.5) is 0 Å². The Balaban J connectivity index is 0.00000120. The van der Waals surface area contributed by atoms with Crippen molar-refractivity contribution in [2.45, 2.75) is 91.5 Å². The highest BCUT2D eigenvalue weighted by atomic mass is 16.5. The van der Waals surface area contributed by atoms with Crippen LogP contribution in [-0.4, -0.2) is 67.9 Å². The Kier molecular flexibility index (Phi) is 16.8. The van der Waals surface area contributed by atoms with E-state index < -0.39 is 5.54 Å². The number of likely N-dealkylation sites (N-methyl/N-ethyl adjacent to an activating group) is 2. The van der Waals surface area contributed by atoms with Crippen molar-refractivity contribution in [3.05, 3.63) is 64.4 Å². The van der Waals surface area contributed by atoms with Crippen LogP contribution in [0.3, 0.4) is 0 Å². The van der Waals surface area contributed by atoms with E-state index in [9.17, 15) is 9.90 Å². The molecule has 1 saturated carbocycles. The maximum absolute atomic E-state index is 11.4. The fourth-order valence-corrected chi connectivity index (χ4v) is 5.36. The zero-order valence-corrected chi connectivity index (χ0v) is 26.7. The van der Waals surface area contributed by atoms with Crippen molar-refractivity contribution >= 4 is 12.5 Å². The van der Waals surface area contributed by atoms with Gasteiger partial charge in [0, 0.05) is 33.7 Å². The molecule has 6 nitrogen and oxygen atoms in total. The van der Waals surface area contributed by atoms with Crippen molar-refractivity contribution < 1.29 is 14.6 Å². The number of hydrazine groups is 1. The van der Waals surface area contributed by atoms with Gasteiger partial charge >= 0.3 is 0 Å². The molecule has 2 N–H and O–H groups in total. The number of benzene rings is 1. The quantitative estimate of drug-likeness (QED) is 0.0979. The highest BCUT2D eigenvalue weighted by Crippen LogP contribution is 2.40. The molecule has 0 atom stereocenters. The fraction of sp³-hybridized carbons (Fsp3) is 0.618. The molecule has 0 heterocycles. The van der Waals surface area contributed by atoms with Crippen molar-refractivity contribution in [1.82, 2.24) is 15.3 Å². The Hall–Kier alpha value is -2.41. The van der Waals surface area contributed by atoms with E-state index in [0.717, 1.165) is 63.3 Å². The molecule has 1 amide bonds. The van der Waals surface area contributed by atoms with Crippen molar-refractivity contribution in [1.29, 1.82) is 0 Å². The third-order valence-electron chi connectivity index (χ3n) is 8.15. The minimum absolute atomic E-state index is 0.315. The Morgan fingerprint density at radius 1 is 1.18 bits per heavy atom. The first-order chi connectivity index (χ1) is 19.1. The maximum atomic E-state index is 11.4. The van der Waals surface area contributed by atoms with Gasteiger partial charge in [0.1, 0.15) is 5.76 Å². The van der Waals surface area contributed by atoms with Crippen molar-refractivity contribution in [2.24, 2.45) is 5.92 Å². The lowest BCUT2D eigenvalue weighted by Gasteiger charge is -2.38. The van der Waals surface area contributed by atoms with Gasteiger partial charge in [0.25, 0.3) is 0 Å². The van der Waals surface area contributed by atoms with Crippen LogP contribution in [0.15, 0.2) is 42.2 Å². The Bertz CT molecular complexity index is 961. The van der Waals surface area contributed by atoms with Gasteiger partial charge in [0.15, 0.2) is 0 Å². The summed E-state index contributed by atoms with van der Waals surface area (Å²) in [5, 5.41) is 13.1. The summed E-state index contributed by atoms with van der Waals surface area (Å²) in [7, 11) is 5.66. The van der Waals surface area contributed by atoms with E-state index >= 15 is 0 Å². The van der Waals surface area contributed by atoms with Gasteiger partial charge in [-0.3, -0.25) is 10.2 Å². The molecule has 226 valence electrons. The molecule has 1 aliphatic rings. The van der Waals surface area contributed by atoms with Crippen LogP contribution in [0.2, 0.25) is 0 Å². The van der Waals surface area contributed by atoms with Crippen LogP contribution in [0.25, 0.3) is 6.08 Å². The number of hydrogen-bond donors (Lipinski definition) is 2. The predicted molar refractivity (Wildman–Crippen MR) is 170 cm³/mol. The number of aliphatic hydroxyl groups excluding tert-OH is 1. The molecule has 0 bridgehead atoms. The molecule has 1 aromatic carbocycles. The number of carbonyl (C=O) groups excluding carboxylic acids is 1. The minimum Gasteiger partial charge on any atom is -0.510 e. The fourth-order valence-electron chi connectivity index (χ4n) is 5.36. The Morgan fingerprint density at radius 2 is 1.85 bits per heavy atom. The van der Waals surface area contributed by atoms with Crippen LogP contribution < -0.4 is 5.43 Å². The summed E-state index contributed by atoms with van der Waals surface area (Å²) in [6.45, 7) is 17.7. The van der Waals surface area contributed by atoms with Gasteiger partial charge in [-0.15, -0.1) is 0 Å². The summed E-state index contributed by atoms with van der Waals surface area (Å²) in [4.78, 5) is 13.3. The van der Waals surface area contributed by atoms with E-state index in [-0.39, 0.29) is 0 Å². The summed E-state index contributed by atoms with van der Waals surface area (Å²) >= 11 is 0. The number of hydrogen-bond acceptors (Lipinski definition) is 5. The van der Waals surface area contributed by atoms with Gasteiger partial charge in [-0.1, -0.05) is 83.4 Å². The second-order valence-electron chi connectivity index (χ2n) is 11.5. The zero-order valence-electron chi connectivity index (χ0n) is 26.7. The summed E-state index contributed by atoms with van der Waals surface area (Å²) in [6, 6.07) is 4.31. The number of allylic oxidation sites excluding steroid dienone is 2. The van der Waals surface area contributed by atoms with E-state index in [4.69, 9.17) is 4.74 Å². The molecule has 0 spiro atoms. The molecule has 0 aromatic heterocycles. The van der Waals surface area contributed by atoms with Gasteiger partial charge in [0.05, 0.1) is 12.1 Å². The van der Waals surface area contributed by atoms with Crippen molar-refractivity contribution in [2.75, 3.05) is 40.9 Å². The van der Waals surface area contributed by atoms with Crippen LogP contribution in [-0.2, 0) is 16.0 Å². The van der Waals surface area contributed by atoms with E-state index in [2.05, 4.69) is 82.9 Å². The molecule has 0 saturated heterocycles. The van der Waals surface area contributed by atoms with Gasteiger partial charge in [-0.2, -0.15) is 0 Å². The first-order valence-corrected chi connectivity index (χ1v) is 15.0. The lowest BCUT2D eigenvalue weighted by Crippen LogP contribution is -2.53. The summed E-state index contributed by atoms with van der Waals surface area (Å²) in [5.74, 6) is 1.21. The monoisotopic (exact) mass is 555 g/mol. The highest BCUT2D eigenvalue weighted by Gasteiger charge is 2.43. The Morgan fingerprint density at radius 3 is 2.38 bits per heavy atom. The molecule has 0 aliphatic heterocycles. The number of aliphatic hydroxyl groups is 1. The lowest BCUT2D eigenvalue weighted by molar-refractivity contribution is -0.115. The van der Waals surface area contributed by atoms with Crippen molar-refractivity contribution in [3.8, 4) is 0 Å². The molecular formula is C34H57N3O3. The first kappa shape index (κ1) is 35.6. The zero-order chi connectivity index (χ0) is 30.1. The average molecular weight is 556 g/mol. The van der Waals surface area contributed by atoms with Crippen LogP contribution in [0.5, 0.6) is 0 Å². The van der Waals surface area contributed by atoms with E-state index in [1.165, 1.54) is 35.1 Å². The summed E-state index contributed by atoms with van der Waals surface area (Å²) in [5.41, 5.74) is 7.84. The van der Waals surface area contributed by atoms with E-state index in [0.29, 0.717) is 18.6 Å². The highest BCUT2D eigenvalue weighted by molar-refractivity contribution is 5.57. The van der Waals surface area contributed by atoms with Gasteiger partial charge in [0.2, 0.25) is 6.41 Å². The standard InChI is InChI=1S/C28H43N3O3.C6H14/c1-7-24(27(33)28(15-9-10-16-28)31(5)29-21-32)20-26-14-13-25(22(2)23(26)3)12-8-11-17-30(4)18-19-34-6;1-4-5-6(2)3/h7-8,12-14,21,33H,1,9-11,15-20H2,2-6H3,(H,29,32);6H,4-5H2,1-3H3/b12-8-,27-24+;. The number of rotatable bonds is 16. The summed E-state index contributed by atoms with van der Waals surface area (Å²) < 4.78 is 5.13. The molecular weight excluding hydrogens is 498 g/mol. The SMILES string of the molecule is C=C/C(Cc1ccc(/C=C\CCN(C)CCOC)c(C)c1C)=C(\O)C1(N(C)NC=O)CCCC1.CCCC(C)C. The van der Waals surface area contributed by atoms with E-state index in [1.54, 1.807) is 18.2 Å². The molecule has 40 heavy (non-hydrogen) atoms. The third kappa shape index (κ3) is 10.9. The molecule has 2 rings (SSSR count). The topological polar surface area (TPSA) is 65.0 Å². The normalized spacial score (nSPS) is 15.4. The maximum Gasteiger partial charge on any atom is 0.221 e. The third-order valence-corrected chi connectivity index (χ3v) is 8.15. The molecule has 6 heteroatoms. The number of amides is 1. The first-order valence-electron chi connectivity index (χ1n) is 15.0. The number of nitrogens with one attached hydrogen (secondary N) is 1. The summed E-state index contributed by atoms with van der Waals surface area (Å²) in [6.07, 6.45) is 14.8. The van der Waals surface area contributed by atoms with Crippen molar-refractivity contribution in [3.63, 3.8) is 0 Å². The molecule has 1 aliphatic carbocycles. The van der Waals surface area contributed by atoms with Crippen LogP contribution in [0.1, 0.15) is 88.0 Å². The van der Waals surface area contributed by atoms with Gasteiger partial charge in [-0.05, 0) is 73.9 Å². The average Bonchev–Trinajstić information content (AvgIpc) is 3.43. The number of carbonyl (C=O) groups is 1. The molecule has 1 fully saturated rings. The number of methoxy groups -OCH3 is 1. The minimum atomic E-state index is -0.577. The van der Waals surface area contributed by atoms with Gasteiger partial charge < -0.3 is 14.7 Å². The largest absolute Gasteiger partial charge is 0.510 e. The smallest absolute Gasteiger partial charge is 0.221 e. The predicted octanol–water partition coefficient (Wildman–Crippen LogP) is 7.17. The van der Waals surface area contributed by atoms with Gasteiger partial charge in [-0.25, -0.2) is 5.01 Å². The molecule has 0 radical (unpaired) electrons. The number of nitrogens with zero attached hydrogens (tertiary/aromatic N) is 2. The second-order valence-corrected chi connectivity index (χ2v) is 11.5. The molecule has 1 aromatic rings. The second kappa shape index (κ2) is 18.8.